The number of ether oxygens (including phenoxy) is 2. The van der Waals surface area contributed by atoms with Gasteiger partial charge in [0, 0.05) is 42.4 Å². The standard InChI is InChI=1S/C36H27F9O4.C35H24F6N2O4.C19H9F3O6.C14H13F3N2.CO2/c1-4-30(46)27-14-11-24(18-28(27)32(48)49)33(35(40,41)42,36(43,44)45)23-9-7-22(8-10-23)31(47)17-21-6-13-25(20(3)16-21)26-12-5-19(2)15-29(26)34(37,38)39;1-17-5-9-23(28(13-17)34(36,37)38)22-12-8-21(14-18(22)2)43-31(46)25-11-7-20(16-27(25)32(43)47)33(3,35(39,40)41)19-6-10-24-26(15-19)30(45)42(4)29(24)44;1-18(19(20,21)22,8-2-4-10-12(6-8)16(25)27-14(10)23)9-3-5-11-13(7-9)17(26)28-15(11)24;1-8-6-9(18)2-4-11(8)12-5-3-10(19)7-13(12)14(15,16)17;2-1-3/h5-16,18H,4,17H2,1-3H3,(H,48,49);5-16H,1-4H3;2-7H,1H3;2-7H,18-19H2,1H3;. The van der Waals surface area contributed by atoms with Crippen molar-refractivity contribution in [3.63, 3.8) is 0 Å². The van der Waals surface area contributed by atoms with Crippen LogP contribution in [0, 0.1) is 34.6 Å². The Morgan fingerprint density at radius 3 is 1.08 bits per heavy atom. The number of carboxylic acid groups (broad SMARTS) is 1. The number of imide groups is 2. The van der Waals surface area contributed by atoms with Crippen LogP contribution in [0.2, 0.25) is 0 Å². The average molecular weight is 2050 g/mol. The van der Waals surface area contributed by atoms with E-state index in [1.165, 1.54) is 114 Å². The number of nitrogens with zero attached hydrogens (tertiary/aromatic N) is 2. The molecule has 16 rings (SSSR count). The number of ketones is 2. The molecule has 1 atom stereocenters. The van der Waals surface area contributed by atoms with Crippen molar-refractivity contribution in [3.8, 4) is 33.4 Å². The monoisotopic (exact) mass is 2040 g/mol. The molecule has 12 aromatic carbocycles. The number of nitrogens with two attached hydrogens (primary N) is 2. The number of Topliss-reactive ketones (excluding diaryl/α,β-unsaturated/α-hetero) is 2. The van der Waals surface area contributed by atoms with Gasteiger partial charge in [-0.2, -0.15) is 102 Å². The number of carboxylic acids is 1. The van der Waals surface area contributed by atoms with E-state index >= 15 is 0 Å². The van der Waals surface area contributed by atoms with Crippen LogP contribution in [-0.4, -0.2) is 113 Å². The van der Waals surface area contributed by atoms with Crippen LogP contribution in [0.5, 0.6) is 0 Å². The average Bonchev–Trinajstić information content (AvgIpc) is 1.02. The first-order chi connectivity index (χ1) is 67.7. The Kier molecular flexibility index (Phi) is 29.4. The van der Waals surface area contributed by atoms with Gasteiger partial charge in [-0.3, -0.25) is 33.7 Å². The minimum atomic E-state index is -6.06. The van der Waals surface area contributed by atoms with E-state index in [9.17, 15) is 150 Å². The van der Waals surface area contributed by atoms with E-state index in [2.05, 4.69) is 9.47 Å². The summed E-state index contributed by atoms with van der Waals surface area (Å²) in [7, 11) is 1.22. The summed E-state index contributed by atoms with van der Waals surface area (Å²) in [6.45, 7) is 10.9. The van der Waals surface area contributed by atoms with Crippen LogP contribution in [-0.2, 0) is 60.3 Å². The SMILES string of the molecule is CC(c1ccc2c(c1)C(=O)OC2=O)(c1ccc2c(c1)C(=O)OC2=O)C(F)(F)F.CCC(=O)c1ccc(C(c2ccc(C(=O)Cc3ccc(-c4ccc(C)cc4C(F)(F)F)c(C)c3)cc2)(C(F)(F)F)C(F)(F)F)cc1C(=O)O.Cc1cc(N)ccc1-c1ccc(N)cc1C(F)(F)F.Cc1ccc(-c2ccc(N3C(=O)c4ccc(C(C)(c5ccc6c(c5)C(=O)N(C)C6=O)C(F)(F)F)cc4C3=O)cc2C)c(C(F)(F)F)c1.O=C=O. The predicted octanol–water partition coefficient (Wildman–Crippen LogP) is 24.4. The van der Waals surface area contributed by atoms with E-state index in [4.69, 9.17) is 21.1 Å². The van der Waals surface area contributed by atoms with E-state index in [-0.39, 0.29) is 137 Å². The van der Waals surface area contributed by atoms with Crippen molar-refractivity contribution in [3.05, 3.63) is 369 Å². The maximum atomic E-state index is 14.9. The Labute approximate surface area is 812 Å². The Morgan fingerprint density at radius 1 is 0.336 bits per heavy atom. The molecule has 756 valence electrons. The molecule has 41 heteroatoms. The van der Waals surface area contributed by atoms with Gasteiger partial charge in [-0.05, 0) is 241 Å². The first-order valence-electron chi connectivity index (χ1n) is 42.8. The van der Waals surface area contributed by atoms with Gasteiger partial charge >= 0.3 is 79.2 Å². The number of hydrogen-bond acceptors (Lipinski definition) is 17. The molecular weight excluding hydrogens is 1970 g/mol. The van der Waals surface area contributed by atoms with Crippen LogP contribution in [0.25, 0.3) is 33.4 Å². The number of fused-ring (bicyclic) bond motifs is 4. The molecule has 20 nitrogen and oxygen atoms in total. The van der Waals surface area contributed by atoms with Gasteiger partial charge in [0.15, 0.2) is 11.6 Å². The second kappa shape index (κ2) is 39.7. The van der Waals surface area contributed by atoms with Crippen molar-refractivity contribution in [2.45, 2.75) is 128 Å². The number of cyclic esters (lactones) is 4. The molecule has 12 aromatic rings. The third kappa shape index (κ3) is 20.4. The summed E-state index contributed by atoms with van der Waals surface area (Å²) in [6, 6.07) is 41.1. The topological polar surface area (TPSA) is 319 Å². The first kappa shape index (κ1) is 108. The van der Waals surface area contributed by atoms with Gasteiger partial charge in [0.05, 0.1) is 72.4 Å². The summed E-state index contributed by atoms with van der Waals surface area (Å²) >= 11 is 0. The number of amides is 4. The molecule has 0 fully saturated rings. The van der Waals surface area contributed by atoms with Gasteiger partial charge in [-0.15, -0.1) is 0 Å². The van der Waals surface area contributed by atoms with Gasteiger partial charge in [-0.1, -0.05) is 139 Å². The smallest absolute Gasteiger partial charge is 0.417 e. The molecule has 0 aromatic heterocycles. The van der Waals surface area contributed by atoms with Crippen molar-refractivity contribution in [1.29, 1.82) is 0 Å². The molecule has 0 bridgehead atoms. The zero-order chi connectivity index (χ0) is 108. The van der Waals surface area contributed by atoms with Crippen LogP contribution in [0.3, 0.4) is 0 Å². The maximum absolute atomic E-state index is 14.9. The first-order valence-corrected chi connectivity index (χ1v) is 42.8. The molecule has 0 saturated carbocycles. The third-order valence-corrected chi connectivity index (χ3v) is 25.1. The number of rotatable bonds is 16. The van der Waals surface area contributed by atoms with E-state index < -0.39 is 163 Å². The summed E-state index contributed by atoms with van der Waals surface area (Å²) in [5.74, 6) is -10.5. The number of hydrogen-bond donors (Lipinski definition) is 3. The van der Waals surface area contributed by atoms with Gasteiger partial charge in [-0.25, -0.2) is 28.9 Å². The Morgan fingerprint density at radius 2 is 0.671 bits per heavy atom. The van der Waals surface area contributed by atoms with E-state index in [1.54, 1.807) is 25.1 Å². The normalized spacial score (nSPS) is 14.0. The fraction of sp³-hybridized carbons (Fsp3) is 0.200. The number of carbonyl (C=O) groups excluding carboxylic acids is 12. The second-order valence-electron chi connectivity index (χ2n) is 34.2. The van der Waals surface area contributed by atoms with Crippen LogP contribution in [0.4, 0.5) is 109 Å². The molecular formula is C105H73F21N4O16. The number of halogens is 21. The van der Waals surface area contributed by atoms with E-state index in [0.29, 0.717) is 68.9 Å². The lowest BCUT2D eigenvalue weighted by Gasteiger charge is -2.38. The second-order valence-corrected chi connectivity index (χ2v) is 34.2. The lowest BCUT2D eigenvalue weighted by Crippen LogP contribution is -2.54. The van der Waals surface area contributed by atoms with Gasteiger partial charge in [0.2, 0.25) is 5.41 Å². The highest BCUT2D eigenvalue weighted by atomic mass is 19.4. The number of nitrogen functional groups attached to an aromatic ring is 2. The molecule has 0 aliphatic carbocycles. The highest BCUT2D eigenvalue weighted by Gasteiger charge is 2.73. The minimum Gasteiger partial charge on any atom is -0.478 e. The molecule has 4 amide bonds. The molecule has 146 heavy (non-hydrogen) atoms. The van der Waals surface area contributed by atoms with Crippen molar-refractivity contribution in [1.82, 2.24) is 4.90 Å². The quantitative estimate of drug-likeness (QED) is 0.0202. The van der Waals surface area contributed by atoms with Gasteiger partial charge in [0.25, 0.3) is 23.6 Å². The lowest BCUT2D eigenvalue weighted by molar-refractivity contribution is -0.288. The summed E-state index contributed by atoms with van der Waals surface area (Å²) in [4.78, 5) is 153. The third-order valence-electron chi connectivity index (χ3n) is 25.1. The summed E-state index contributed by atoms with van der Waals surface area (Å²) in [5.41, 5.74) is -4.95. The number of carbonyl (C=O) groups is 11. The molecule has 1 unspecified atom stereocenters. The van der Waals surface area contributed by atoms with Crippen LogP contribution in [0.15, 0.2) is 224 Å². The maximum Gasteiger partial charge on any atom is 0.417 e. The van der Waals surface area contributed by atoms with Crippen LogP contribution >= 0.6 is 0 Å². The number of aromatic carboxylic acids is 1. The summed E-state index contributed by atoms with van der Waals surface area (Å²) < 4.78 is 306. The lowest BCUT2D eigenvalue weighted by atomic mass is 9.72. The molecule has 4 aliphatic heterocycles. The number of anilines is 3. The molecule has 4 aliphatic rings. The zero-order valence-electron chi connectivity index (χ0n) is 76.8. The molecule has 0 spiro atoms. The molecule has 5 N–H and O–H groups in total. The molecule has 4 heterocycles. The van der Waals surface area contributed by atoms with E-state index in [1.807, 2.05) is 0 Å². The number of esters is 4. The highest BCUT2D eigenvalue weighted by Crippen LogP contribution is 2.58. The largest absolute Gasteiger partial charge is 0.478 e. The summed E-state index contributed by atoms with van der Waals surface area (Å²) in [5, 5.41) is 9.54. The fourth-order valence-corrected chi connectivity index (χ4v) is 17.3. The van der Waals surface area contributed by atoms with Crippen LogP contribution in [0.1, 0.15) is 225 Å². The van der Waals surface area contributed by atoms with Crippen molar-refractivity contribution >= 4 is 88.3 Å². The fourth-order valence-electron chi connectivity index (χ4n) is 17.3. The van der Waals surface area contributed by atoms with Crippen molar-refractivity contribution in [2.24, 2.45) is 0 Å². The summed E-state index contributed by atoms with van der Waals surface area (Å²) in [6.07, 6.45) is -36.0. The Balaban J connectivity index is 0.000000181. The van der Waals surface area contributed by atoms with Crippen molar-refractivity contribution < 1.29 is 169 Å². The van der Waals surface area contributed by atoms with Gasteiger partial charge < -0.3 is 26.0 Å². The highest BCUT2D eigenvalue weighted by molar-refractivity contribution is 6.34. The van der Waals surface area contributed by atoms with E-state index in [0.717, 1.165) is 127 Å². The minimum absolute atomic E-state index is 0.0316. The van der Waals surface area contributed by atoms with Crippen molar-refractivity contribution in [2.75, 3.05) is 23.4 Å². The molecule has 0 saturated heterocycles. The Hall–Kier alpha value is -16.5. The number of benzene rings is 12. The number of aryl methyl sites for hydroxylation is 5. The molecule has 0 radical (unpaired) electrons. The zero-order valence-corrected chi connectivity index (χ0v) is 76.8. The van der Waals surface area contributed by atoms with Crippen LogP contribution < -0.4 is 16.4 Å². The van der Waals surface area contributed by atoms with Gasteiger partial charge in [0.1, 0.15) is 10.8 Å². The number of alkyl halides is 21. The Bertz CT molecular complexity index is 7380. The predicted molar refractivity (Wildman–Crippen MR) is 481 cm³/mol.